The Morgan fingerprint density at radius 1 is 1.06 bits per heavy atom. The maximum absolute atomic E-state index is 13.7. The number of carbonyl (C=O) groups is 3. The van der Waals surface area contributed by atoms with E-state index in [9.17, 15) is 14.4 Å². The highest BCUT2D eigenvalue weighted by Crippen LogP contribution is 2.32. The Kier molecular flexibility index (Phi) is 8.10. The van der Waals surface area contributed by atoms with Crippen molar-refractivity contribution < 1.29 is 18.9 Å². The Balaban J connectivity index is 1.61. The topological polar surface area (TPSA) is 117 Å². The minimum atomic E-state index is -0.900. The van der Waals surface area contributed by atoms with E-state index in [1.807, 2.05) is 31.2 Å². The molecule has 4 rings (SSSR count). The van der Waals surface area contributed by atoms with Gasteiger partial charge in [-0.15, -0.1) is 0 Å². The zero-order valence-corrected chi connectivity index (χ0v) is 20.6. The number of nitrogens with zero attached hydrogens (tertiary/aromatic N) is 3. The Morgan fingerprint density at radius 3 is 2.44 bits per heavy atom. The predicted molar refractivity (Wildman–Crippen MR) is 135 cm³/mol. The van der Waals surface area contributed by atoms with E-state index in [1.165, 1.54) is 4.90 Å². The molecule has 3 amide bonds. The van der Waals surface area contributed by atoms with E-state index in [0.717, 1.165) is 31.2 Å². The molecule has 1 fully saturated rings. The molecule has 1 unspecified atom stereocenters. The van der Waals surface area contributed by atoms with Gasteiger partial charge >= 0.3 is 0 Å². The molecule has 2 N–H and O–H groups in total. The molecular weight excluding hydrogens is 458 g/mol. The van der Waals surface area contributed by atoms with Gasteiger partial charge in [-0.05, 0) is 56.0 Å². The lowest BCUT2D eigenvalue weighted by molar-refractivity contribution is -0.127. The first-order valence-electron chi connectivity index (χ1n) is 12.2. The highest BCUT2D eigenvalue weighted by atomic mass is 16.5. The molecule has 1 saturated carbocycles. The molecule has 9 nitrogen and oxygen atoms in total. The van der Waals surface area contributed by atoms with Gasteiger partial charge in [0.15, 0.2) is 5.82 Å². The minimum Gasteiger partial charge on any atom is -0.360 e. The highest BCUT2D eigenvalue weighted by molar-refractivity contribution is 6.03. The van der Waals surface area contributed by atoms with E-state index in [4.69, 9.17) is 4.52 Å². The summed E-state index contributed by atoms with van der Waals surface area (Å²) in [5, 5.41) is 9.54. The van der Waals surface area contributed by atoms with Crippen molar-refractivity contribution in [2.75, 3.05) is 10.2 Å². The molecule has 0 spiro atoms. The highest BCUT2D eigenvalue weighted by Gasteiger charge is 2.34. The van der Waals surface area contributed by atoms with Crippen LogP contribution in [-0.4, -0.2) is 33.9 Å². The standard InChI is InChI=1S/C27H31N5O4/c1-18-7-3-6-10-22(18)32(25(34)12-11-24(33)30-23-17-19(2)36-31-23)26(20-13-15-28-16-14-20)27(35)29-21-8-4-5-9-21/h3,6-7,10,13-17,21,26H,4-5,8-9,11-12H2,1-2H3,(H,29,35)(H,30,31,33). The van der Waals surface area contributed by atoms with Gasteiger partial charge < -0.3 is 15.2 Å². The lowest BCUT2D eigenvalue weighted by atomic mass is 10.0. The van der Waals surface area contributed by atoms with E-state index in [0.29, 0.717) is 22.8 Å². The van der Waals surface area contributed by atoms with Crippen molar-refractivity contribution in [2.24, 2.45) is 0 Å². The van der Waals surface area contributed by atoms with Crippen LogP contribution in [0.1, 0.15) is 61.5 Å². The lowest BCUT2D eigenvalue weighted by Crippen LogP contribution is -2.46. The first kappa shape index (κ1) is 25.1. The number of aromatic nitrogens is 2. The van der Waals surface area contributed by atoms with Crippen molar-refractivity contribution in [1.82, 2.24) is 15.5 Å². The summed E-state index contributed by atoms with van der Waals surface area (Å²) in [7, 11) is 0. The zero-order valence-electron chi connectivity index (χ0n) is 20.6. The number of rotatable bonds is 9. The van der Waals surface area contributed by atoms with Crippen LogP contribution < -0.4 is 15.5 Å². The molecule has 0 bridgehead atoms. The average molecular weight is 490 g/mol. The van der Waals surface area contributed by atoms with Crippen LogP contribution in [0.2, 0.25) is 0 Å². The molecule has 36 heavy (non-hydrogen) atoms. The van der Waals surface area contributed by atoms with Crippen LogP contribution in [0, 0.1) is 13.8 Å². The van der Waals surface area contributed by atoms with Crippen molar-refractivity contribution in [3.8, 4) is 0 Å². The van der Waals surface area contributed by atoms with Gasteiger partial charge in [0.1, 0.15) is 11.8 Å². The molecule has 0 aliphatic heterocycles. The summed E-state index contributed by atoms with van der Waals surface area (Å²) in [4.78, 5) is 45.5. The Morgan fingerprint density at radius 2 is 1.78 bits per heavy atom. The normalized spacial score (nSPS) is 14.3. The fraction of sp³-hybridized carbons (Fsp3) is 0.370. The van der Waals surface area contributed by atoms with Gasteiger partial charge in [0.25, 0.3) is 0 Å². The molecule has 0 saturated heterocycles. The Bertz CT molecular complexity index is 1200. The number of nitrogens with one attached hydrogen (secondary N) is 2. The number of para-hydroxylation sites is 1. The van der Waals surface area contributed by atoms with Gasteiger partial charge in [-0.3, -0.25) is 24.3 Å². The van der Waals surface area contributed by atoms with Crippen molar-refractivity contribution in [2.45, 2.75) is 64.5 Å². The summed E-state index contributed by atoms with van der Waals surface area (Å²) in [6.07, 6.45) is 7.06. The molecule has 3 aromatic rings. The Labute approximate surface area is 210 Å². The number of hydrogen-bond acceptors (Lipinski definition) is 6. The maximum atomic E-state index is 13.7. The van der Waals surface area contributed by atoms with Gasteiger partial charge in [0.05, 0.1) is 0 Å². The summed E-state index contributed by atoms with van der Waals surface area (Å²) in [6, 6.07) is 11.7. The van der Waals surface area contributed by atoms with Gasteiger partial charge in [-0.2, -0.15) is 0 Å². The summed E-state index contributed by atoms with van der Waals surface area (Å²) in [5.74, 6) is -0.0736. The molecule has 2 heterocycles. The number of pyridine rings is 1. The molecule has 2 aromatic heterocycles. The van der Waals surface area contributed by atoms with Crippen LogP contribution in [0.3, 0.4) is 0 Å². The number of carbonyl (C=O) groups excluding carboxylic acids is 3. The third-order valence-corrected chi connectivity index (χ3v) is 6.34. The van der Waals surface area contributed by atoms with Crippen LogP contribution >= 0.6 is 0 Å². The first-order valence-corrected chi connectivity index (χ1v) is 12.2. The first-order chi connectivity index (χ1) is 17.4. The molecule has 188 valence electrons. The van der Waals surface area contributed by atoms with Gasteiger partial charge in [-0.1, -0.05) is 36.2 Å². The number of benzene rings is 1. The second-order valence-corrected chi connectivity index (χ2v) is 9.09. The smallest absolute Gasteiger partial charge is 0.248 e. The molecular formula is C27H31N5O4. The molecule has 0 radical (unpaired) electrons. The molecule has 1 atom stereocenters. The number of aryl methyl sites for hydroxylation is 2. The van der Waals surface area contributed by atoms with Gasteiger partial charge in [-0.25, -0.2) is 0 Å². The lowest BCUT2D eigenvalue weighted by Gasteiger charge is -2.33. The third kappa shape index (κ3) is 6.16. The van der Waals surface area contributed by atoms with E-state index in [1.54, 1.807) is 37.5 Å². The van der Waals surface area contributed by atoms with Gasteiger partial charge in [0, 0.05) is 43.0 Å². The van der Waals surface area contributed by atoms with Crippen LogP contribution in [0.25, 0.3) is 0 Å². The van der Waals surface area contributed by atoms with Crippen molar-refractivity contribution in [1.29, 1.82) is 0 Å². The fourth-order valence-electron chi connectivity index (χ4n) is 4.54. The Hall–Kier alpha value is -4.01. The summed E-state index contributed by atoms with van der Waals surface area (Å²) < 4.78 is 4.97. The van der Waals surface area contributed by atoms with Crippen LogP contribution in [0.5, 0.6) is 0 Å². The van der Waals surface area contributed by atoms with E-state index in [-0.39, 0.29) is 36.6 Å². The number of hydrogen-bond donors (Lipinski definition) is 2. The molecule has 1 aliphatic carbocycles. The van der Waals surface area contributed by atoms with Gasteiger partial charge in [0.2, 0.25) is 17.7 Å². The second-order valence-electron chi connectivity index (χ2n) is 9.09. The van der Waals surface area contributed by atoms with Crippen molar-refractivity contribution >= 4 is 29.2 Å². The number of amides is 3. The summed E-state index contributed by atoms with van der Waals surface area (Å²) in [6.45, 7) is 3.62. The SMILES string of the molecule is Cc1cc(NC(=O)CCC(=O)N(c2ccccc2C)C(C(=O)NC2CCCC2)c2ccncc2)no1. The van der Waals surface area contributed by atoms with E-state index in [2.05, 4.69) is 20.8 Å². The molecule has 1 aliphatic rings. The average Bonchev–Trinajstić information content (AvgIpc) is 3.53. The van der Waals surface area contributed by atoms with Crippen molar-refractivity contribution in [3.63, 3.8) is 0 Å². The van der Waals surface area contributed by atoms with Crippen LogP contribution in [0.15, 0.2) is 59.4 Å². The third-order valence-electron chi connectivity index (χ3n) is 6.34. The largest absolute Gasteiger partial charge is 0.360 e. The zero-order chi connectivity index (χ0) is 25.5. The quantitative estimate of drug-likeness (QED) is 0.464. The molecule has 9 heteroatoms. The number of anilines is 2. The monoisotopic (exact) mass is 489 g/mol. The minimum absolute atomic E-state index is 0.0690. The molecule has 1 aromatic carbocycles. The van der Waals surface area contributed by atoms with Crippen LogP contribution in [-0.2, 0) is 14.4 Å². The summed E-state index contributed by atoms with van der Waals surface area (Å²) >= 11 is 0. The second kappa shape index (κ2) is 11.6. The maximum Gasteiger partial charge on any atom is 0.248 e. The van der Waals surface area contributed by atoms with E-state index >= 15 is 0 Å². The predicted octanol–water partition coefficient (Wildman–Crippen LogP) is 4.24. The van der Waals surface area contributed by atoms with Crippen LogP contribution in [0.4, 0.5) is 11.5 Å². The summed E-state index contributed by atoms with van der Waals surface area (Å²) in [5.41, 5.74) is 2.12. The van der Waals surface area contributed by atoms with Crippen molar-refractivity contribution in [3.05, 3.63) is 71.7 Å². The van der Waals surface area contributed by atoms with E-state index < -0.39 is 6.04 Å². The fourth-order valence-corrected chi connectivity index (χ4v) is 4.54.